The summed E-state index contributed by atoms with van der Waals surface area (Å²) in [6.45, 7) is 2.38. The van der Waals surface area contributed by atoms with Crippen molar-refractivity contribution >= 4 is 44.8 Å². The zero-order valence-electron chi connectivity index (χ0n) is 18.5. The molecule has 0 unspecified atom stereocenters. The maximum absolute atomic E-state index is 13.3. The highest BCUT2D eigenvalue weighted by Crippen LogP contribution is 2.38. The lowest BCUT2D eigenvalue weighted by Crippen LogP contribution is -2.50. The summed E-state index contributed by atoms with van der Waals surface area (Å²) >= 11 is 6.27. The fourth-order valence-electron chi connectivity index (χ4n) is 3.78. The van der Waals surface area contributed by atoms with Crippen LogP contribution < -0.4 is 15.0 Å². The second kappa shape index (κ2) is 8.85. The van der Waals surface area contributed by atoms with Gasteiger partial charge < -0.3 is 19.9 Å². The Bertz CT molecular complexity index is 1210. The van der Waals surface area contributed by atoms with E-state index in [1.807, 2.05) is 37.2 Å². The Morgan fingerprint density at radius 1 is 1.15 bits per heavy atom. The number of halogens is 1. The van der Waals surface area contributed by atoms with Crippen molar-refractivity contribution in [1.82, 2.24) is 9.21 Å². The predicted octanol–water partition coefficient (Wildman–Crippen LogP) is 2.27. The number of nitrogens with zero attached hydrogens (tertiary/aromatic N) is 3. The molecule has 4 rings (SSSR count). The Hall–Kier alpha value is -2.82. The molecule has 1 saturated heterocycles. The van der Waals surface area contributed by atoms with E-state index >= 15 is 0 Å². The smallest absolute Gasteiger partial charge is 0.265 e. The van der Waals surface area contributed by atoms with Crippen LogP contribution >= 0.6 is 11.6 Å². The third-order valence-electron chi connectivity index (χ3n) is 5.72. The summed E-state index contributed by atoms with van der Waals surface area (Å²) in [4.78, 5) is 28.2. The minimum atomic E-state index is -3.92. The van der Waals surface area contributed by atoms with Crippen molar-refractivity contribution < 1.29 is 22.7 Å². The lowest BCUT2D eigenvalue weighted by Gasteiger charge is -2.34. The van der Waals surface area contributed by atoms with Gasteiger partial charge in [0.1, 0.15) is 10.6 Å². The van der Waals surface area contributed by atoms with E-state index < -0.39 is 16.1 Å². The van der Waals surface area contributed by atoms with E-state index in [4.69, 9.17) is 16.3 Å². The number of sulfonamides is 1. The number of hydrogen-bond donors (Lipinski definition) is 1. The van der Waals surface area contributed by atoms with Crippen LogP contribution in [0.4, 0.5) is 11.4 Å². The Balaban J connectivity index is 1.50. The molecule has 11 heteroatoms. The summed E-state index contributed by atoms with van der Waals surface area (Å²) in [5.41, 5.74) is 1.80. The maximum atomic E-state index is 13.3. The summed E-state index contributed by atoms with van der Waals surface area (Å²) in [6.07, 6.45) is -0.741. The molecule has 2 aromatic rings. The van der Waals surface area contributed by atoms with Crippen LogP contribution in [0.25, 0.3) is 0 Å². The average molecular weight is 493 g/mol. The highest BCUT2D eigenvalue weighted by atomic mass is 35.5. The van der Waals surface area contributed by atoms with Crippen LogP contribution in [0.3, 0.4) is 0 Å². The van der Waals surface area contributed by atoms with E-state index in [2.05, 4.69) is 5.32 Å². The first-order valence-corrected chi connectivity index (χ1v) is 12.3. The van der Waals surface area contributed by atoms with E-state index in [9.17, 15) is 18.0 Å². The largest absolute Gasteiger partial charge is 0.479 e. The summed E-state index contributed by atoms with van der Waals surface area (Å²) in [5, 5.41) is 2.64. The molecule has 0 aromatic heterocycles. The van der Waals surface area contributed by atoms with Gasteiger partial charge in [0, 0.05) is 57.6 Å². The quantitative estimate of drug-likeness (QED) is 0.703. The number of ether oxygens (including phenoxy) is 1. The van der Waals surface area contributed by atoms with Crippen molar-refractivity contribution in [3.63, 3.8) is 0 Å². The normalized spacial score (nSPS) is 18.8. The molecule has 2 heterocycles. The number of hydrogen-bond acceptors (Lipinski definition) is 6. The fourth-order valence-corrected chi connectivity index (χ4v) is 5.72. The molecule has 0 radical (unpaired) electrons. The van der Waals surface area contributed by atoms with Crippen LogP contribution in [-0.2, 0) is 14.8 Å². The number of benzene rings is 2. The number of rotatable bonds is 4. The zero-order valence-corrected chi connectivity index (χ0v) is 20.1. The molecule has 0 bridgehead atoms. The molecular weight excluding hydrogens is 468 g/mol. The molecule has 1 atom stereocenters. The molecule has 0 spiro atoms. The predicted molar refractivity (Wildman–Crippen MR) is 126 cm³/mol. The van der Waals surface area contributed by atoms with Gasteiger partial charge in [-0.3, -0.25) is 9.59 Å². The summed E-state index contributed by atoms with van der Waals surface area (Å²) < 4.78 is 33.4. The van der Waals surface area contributed by atoms with Gasteiger partial charge in [-0.2, -0.15) is 4.31 Å². The standard InChI is InChI=1S/C22H25ClN4O5S/c1-14-21(28)24-18-12-17(23)20(13-19(18)32-14)33(30,31)27-9-7-26(8-10-27)22(29)15-5-4-6-16(11-15)25(2)3/h4-6,11-14H,7-10H2,1-3H3,(H,24,28)/t14-/m0/s1. The number of nitrogens with one attached hydrogen (secondary N) is 1. The highest BCUT2D eigenvalue weighted by Gasteiger charge is 2.34. The van der Waals surface area contributed by atoms with Crippen molar-refractivity contribution in [3.05, 3.63) is 47.0 Å². The Kier molecular flexibility index (Phi) is 6.26. The first-order chi connectivity index (χ1) is 15.6. The van der Waals surface area contributed by atoms with E-state index in [0.717, 1.165) is 5.69 Å². The van der Waals surface area contributed by atoms with Gasteiger partial charge in [-0.1, -0.05) is 17.7 Å². The van der Waals surface area contributed by atoms with Crippen LogP contribution in [0, 0.1) is 0 Å². The zero-order chi connectivity index (χ0) is 23.9. The van der Waals surface area contributed by atoms with Crippen molar-refractivity contribution in [2.75, 3.05) is 50.5 Å². The van der Waals surface area contributed by atoms with E-state index in [0.29, 0.717) is 11.3 Å². The minimum absolute atomic E-state index is 0.00814. The molecule has 2 amide bonds. The molecule has 33 heavy (non-hydrogen) atoms. The molecule has 0 aliphatic carbocycles. The summed E-state index contributed by atoms with van der Waals surface area (Å²) in [5.74, 6) is -0.216. The molecule has 2 aliphatic heterocycles. The molecule has 0 saturated carbocycles. The van der Waals surface area contributed by atoms with E-state index in [-0.39, 0.29) is 53.7 Å². The van der Waals surface area contributed by atoms with E-state index in [1.54, 1.807) is 17.9 Å². The van der Waals surface area contributed by atoms with Gasteiger partial charge in [0.05, 0.1) is 10.7 Å². The average Bonchev–Trinajstić information content (AvgIpc) is 2.79. The molecule has 9 nitrogen and oxygen atoms in total. The van der Waals surface area contributed by atoms with Crippen LogP contribution in [0.2, 0.25) is 5.02 Å². The Morgan fingerprint density at radius 3 is 2.52 bits per heavy atom. The minimum Gasteiger partial charge on any atom is -0.479 e. The maximum Gasteiger partial charge on any atom is 0.265 e. The van der Waals surface area contributed by atoms with Crippen LogP contribution in [0.15, 0.2) is 41.3 Å². The monoisotopic (exact) mass is 492 g/mol. The number of fused-ring (bicyclic) bond motifs is 1. The van der Waals surface area contributed by atoms with Crippen molar-refractivity contribution in [2.45, 2.75) is 17.9 Å². The third kappa shape index (κ3) is 4.50. The summed E-state index contributed by atoms with van der Waals surface area (Å²) in [7, 11) is -0.122. The van der Waals surface area contributed by atoms with Gasteiger partial charge in [0.2, 0.25) is 10.0 Å². The number of carbonyl (C=O) groups is 2. The Morgan fingerprint density at radius 2 is 1.85 bits per heavy atom. The lowest BCUT2D eigenvalue weighted by atomic mass is 10.1. The van der Waals surface area contributed by atoms with Gasteiger partial charge >= 0.3 is 0 Å². The first-order valence-electron chi connectivity index (χ1n) is 10.5. The highest BCUT2D eigenvalue weighted by molar-refractivity contribution is 7.89. The second-order valence-corrected chi connectivity index (χ2v) is 10.5. The molecule has 2 aromatic carbocycles. The van der Waals surface area contributed by atoms with Gasteiger partial charge in [-0.25, -0.2) is 8.42 Å². The van der Waals surface area contributed by atoms with Gasteiger partial charge in [0.15, 0.2) is 6.10 Å². The Labute approximate surface area is 197 Å². The molecule has 176 valence electrons. The van der Waals surface area contributed by atoms with Gasteiger partial charge in [-0.15, -0.1) is 0 Å². The molecule has 2 aliphatic rings. The second-order valence-electron chi connectivity index (χ2n) is 8.17. The SMILES string of the molecule is C[C@@H]1Oc2cc(S(=O)(=O)N3CCN(C(=O)c4cccc(N(C)C)c4)CC3)c(Cl)cc2NC1=O. The van der Waals surface area contributed by atoms with Gasteiger partial charge in [-0.05, 0) is 31.2 Å². The third-order valence-corrected chi connectivity index (χ3v) is 8.08. The number of carbonyl (C=O) groups excluding carboxylic acids is 2. The molecular formula is C22H25ClN4O5S. The van der Waals surface area contributed by atoms with Crippen LogP contribution in [-0.4, -0.2) is 75.8 Å². The topological polar surface area (TPSA) is 99.3 Å². The number of anilines is 2. The fraction of sp³-hybridized carbons (Fsp3) is 0.364. The van der Waals surface area contributed by atoms with Crippen LogP contribution in [0.1, 0.15) is 17.3 Å². The van der Waals surface area contributed by atoms with Crippen molar-refractivity contribution in [1.29, 1.82) is 0 Å². The van der Waals surface area contributed by atoms with Crippen molar-refractivity contribution in [3.8, 4) is 5.75 Å². The van der Waals surface area contributed by atoms with Gasteiger partial charge in [0.25, 0.3) is 11.8 Å². The molecule has 1 fully saturated rings. The number of amides is 2. The van der Waals surface area contributed by atoms with Crippen molar-refractivity contribution in [2.24, 2.45) is 0 Å². The lowest BCUT2D eigenvalue weighted by molar-refractivity contribution is -0.122. The van der Waals surface area contributed by atoms with E-state index in [1.165, 1.54) is 16.4 Å². The van der Waals surface area contributed by atoms with Crippen LogP contribution in [0.5, 0.6) is 5.75 Å². The first kappa shape index (κ1) is 23.3. The molecule has 1 N–H and O–H groups in total. The summed E-state index contributed by atoms with van der Waals surface area (Å²) in [6, 6.07) is 10.0. The number of piperazine rings is 1.